The lowest BCUT2D eigenvalue weighted by Crippen LogP contribution is -2.30. The molecule has 354 valence electrons. The molecule has 0 amide bonds. The van der Waals surface area contributed by atoms with Crippen molar-refractivity contribution in [2.45, 2.75) is 239 Å². The summed E-state index contributed by atoms with van der Waals surface area (Å²) in [7, 11) is 0. The summed E-state index contributed by atoms with van der Waals surface area (Å²) in [6.45, 7) is 6.43. The lowest BCUT2D eigenvalue weighted by molar-refractivity contribution is -0.166. The van der Waals surface area contributed by atoms with Crippen molar-refractivity contribution >= 4 is 17.9 Å². The van der Waals surface area contributed by atoms with Crippen molar-refractivity contribution in [2.75, 3.05) is 13.2 Å². The van der Waals surface area contributed by atoms with E-state index in [0.29, 0.717) is 19.3 Å². The minimum absolute atomic E-state index is 0.102. The number of hydrogen-bond acceptors (Lipinski definition) is 6. The second-order valence-electron chi connectivity index (χ2n) is 16.7. The van der Waals surface area contributed by atoms with Crippen LogP contribution >= 0.6 is 0 Å². The van der Waals surface area contributed by atoms with E-state index in [1.54, 1.807) is 0 Å². The monoisotopic (exact) mass is 863 g/mol. The van der Waals surface area contributed by atoms with E-state index in [9.17, 15) is 14.4 Å². The topological polar surface area (TPSA) is 78.9 Å². The second-order valence-corrected chi connectivity index (χ2v) is 16.7. The first-order valence-electron chi connectivity index (χ1n) is 25.6. The van der Waals surface area contributed by atoms with Crippen molar-refractivity contribution in [3.8, 4) is 0 Å². The minimum Gasteiger partial charge on any atom is -0.462 e. The van der Waals surface area contributed by atoms with Crippen molar-refractivity contribution in [1.29, 1.82) is 0 Å². The number of carbonyl (C=O) groups is 3. The molecule has 0 aromatic rings. The van der Waals surface area contributed by atoms with Crippen LogP contribution in [0.4, 0.5) is 0 Å². The Bertz CT molecular complexity index is 1220. The molecule has 6 heteroatoms. The van der Waals surface area contributed by atoms with Gasteiger partial charge in [-0.05, 0) is 83.5 Å². The highest BCUT2D eigenvalue weighted by molar-refractivity contribution is 5.71. The maximum atomic E-state index is 12.8. The minimum atomic E-state index is -0.808. The second kappa shape index (κ2) is 50.2. The van der Waals surface area contributed by atoms with Gasteiger partial charge in [-0.25, -0.2) is 0 Å². The van der Waals surface area contributed by atoms with Gasteiger partial charge in [-0.2, -0.15) is 0 Å². The van der Waals surface area contributed by atoms with Gasteiger partial charge < -0.3 is 14.2 Å². The van der Waals surface area contributed by atoms with Gasteiger partial charge in [0, 0.05) is 19.3 Å². The van der Waals surface area contributed by atoms with Crippen LogP contribution < -0.4 is 0 Å². The molecule has 0 aliphatic carbocycles. The predicted octanol–water partition coefficient (Wildman–Crippen LogP) is 16.8. The van der Waals surface area contributed by atoms with E-state index < -0.39 is 6.10 Å². The van der Waals surface area contributed by atoms with Crippen LogP contribution in [0.25, 0.3) is 0 Å². The van der Waals surface area contributed by atoms with E-state index >= 15 is 0 Å². The summed E-state index contributed by atoms with van der Waals surface area (Å²) in [6, 6.07) is 0. The molecule has 0 aromatic carbocycles. The third-order valence-electron chi connectivity index (χ3n) is 10.6. The molecule has 0 unspecified atom stereocenters. The van der Waals surface area contributed by atoms with Crippen molar-refractivity contribution in [3.05, 3.63) is 85.1 Å². The Labute approximate surface area is 382 Å². The SMILES string of the molecule is CC/C=C\C/C=C\C/C=C\C/C=C\C/C=C\C/C=C\CCC(=O)OC[C@@H](COC(=O)CCCCCCCCCCCCC)OC(=O)CCCCCCC/C=C\CCCCCCC. The highest BCUT2D eigenvalue weighted by atomic mass is 16.6. The van der Waals surface area contributed by atoms with Gasteiger partial charge in [0.25, 0.3) is 0 Å². The third kappa shape index (κ3) is 47.6. The molecule has 0 saturated carbocycles. The van der Waals surface area contributed by atoms with Gasteiger partial charge in [0.15, 0.2) is 6.10 Å². The molecule has 0 spiro atoms. The van der Waals surface area contributed by atoms with Crippen LogP contribution in [0.2, 0.25) is 0 Å². The normalized spacial score (nSPS) is 12.8. The van der Waals surface area contributed by atoms with E-state index in [1.165, 1.54) is 96.3 Å². The van der Waals surface area contributed by atoms with Crippen molar-refractivity contribution < 1.29 is 28.6 Å². The molecule has 6 nitrogen and oxygen atoms in total. The van der Waals surface area contributed by atoms with E-state index in [-0.39, 0.29) is 37.5 Å². The molecule has 0 aliphatic heterocycles. The zero-order valence-corrected chi connectivity index (χ0v) is 40.4. The van der Waals surface area contributed by atoms with E-state index in [0.717, 1.165) is 89.9 Å². The zero-order chi connectivity index (χ0) is 45.1. The van der Waals surface area contributed by atoms with Crippen molar-refractivity contribution in [3.63, 3.8) is 0 Å². The summed E-state index contributed by atoms with van der Waals surface area (Å²) in [4.78, 5) is 37.9. The molecule has 62 heavy (non-hydrogen) atoms. The molecular formula is C56H94O6. The summed E-state index contributed by atoms with van der Waals surface area (Å²) in [6.07, 6.45) is 64.3. The number of allylic oxidation sites excluding steroid dienone is 14. The van der Waals surface area contributed by atoms with Crippen molar-refractivity contribution in [2.24, 2.45) is 0 Å². The Hall–Kier alpha value is -3.41. The average Bonchev–Trinajstić information content (AvgIpc) is 3.27. The molecular weight excluding hydrogens is 769 g/mol. The number of rotatable bonds is 45. The number of hydrogen-bond donors (Lipinski definition) is 0. The Kier molecular flexibility index (Phi) is 47.5. The largest absolute Gasteiger partial charge is 0.462 e. The fourth-order valence-electron chi connectivity index (χ4n) is 6.81. The van der Waals surface area contributed by atoms with Gasteiger partial charge in [-0.1, -0.05) is 215 Å². The van der Waals surface area contributed by atoms with Gasteiger partial charge in [0.2, 0.25) is 0 Å². The lowest BCUT2D eigenvalue weighted by Gasteiger charge is -2.18. The smallest absolute Gasteiger partial charge is 0.306 e. The third-order valence-corrected chi connectivity index (χ3v) is 10.6. The van der Waals surface area contributed by atoms with Crippen LogP contribution in [0.3, 0.4) is 0 Å². The number of unbranched alkanes of at least 4 members (excludes halogenated alkanes) is 20. The van der Waals surface area contributed by atoms with Crippen LogP contribution in [0.1, 0.15) is 233 Å². The van der Waals surface area contributed by atoms with Crippen LogP contribution in [-0.4, -0.2) is 37.2 Å². The Morgan fingerprint density at radius 3 is 1.08 bits per heavy atom. The summed E-state index contributed by atoms with van der Waals surface area (Å²) in [5, 5.41) is 0. The summed E-state index contributed by atoms with van der Waals surface area (Å²) in [5.41, 5.74) is 0. The van der Waals surface area contributed by atoms with Crippen LogP contribution in [0.15, 0.2) is 85.1 Å². The summed E-state index contributed by atoms with van der Waals surface area (Å²) in [5.74, 6) is -1.00. The van der Waals surface area contributed by atoms with Crippen LogP contribution in [0.5, 0.6) is 0 Å². The first-order valence-corrected chi connectivity index (χ1v) is 25.6. The Morgan fingerprint density at radius 1 is 0.339 bits per heavy atom. The maximum absolute atomic E-state index is 12.8. The molecule has 0 fully saturated rings. The summed E-state index contributed by atoms with van der Waals surface area (Å²) < 4.78 is 16.7. The van der Waals surface area contributed by atoms with Gasteiger partial charge >= 0.3 is 17.9 Å². The van der Waals surface area contributed by atoms with Crippen LogP contribution in [0, 0.1) is 0 Å². The molecule has 0 radical (unpaired) electrons. The standard InChI is InChI=1S/C56H94O6/c1-4-7-10-13-16-19-22-24-26-27-28-29-30-32-34-37-40-43-46-49-55(58)61-52-53(51-60-54(57)48-45-42-39-36-33-21-18-15-12-9-6-3)62-56(59)50-47-44-41-38-35-31-25-23-20-17-14-11-8-5-2/h7,10,16,19,23-26,28-29,32,34,40,43,53H,4-6,8-9,11-15,17-18,20-22,27,30-31,33,35-39,41-42,44-52H2,1-3H3/b10-7-,19-16-,25-23-,26-24-,29-28-,34-32-,43-40-/t53-/m1/s1. The average molecular weight is 863 g/mol. The first-order chi connectivity index (χ1) is 30.5. The van der Waals surface area contributed by atoms with Crippen LogP contribution in [-0.2, 0) is 28.6 Å². The summed E-state index contributed by atoms with van der Waals surface area (Å²) >= 11 is 0. The quantitative estimate of drug-likeness (QED) is 0.0263. The fraction of sp³-hybridized carbons (Fsp3) is 0.696. The highest BCUT2D eigenvalue weighted by Crippen LogP contribution is 2.14. The fourth-order valence-corrected chi connectivity index (χ4v) is 6.81. The van der Waals surface area contributed by atoms with E-state index in [2.05, 4.69) is 99.8 Å². The first kappa shape index (κ1) is 58.6. The molecule has 0 rings (SSSR count). The highest BCUT2D eigenvalue weighted by Gasteiger charge is 2.19. The molecule has 0 aromatic heterocycles. The zero-order valence-electron chi connectivity index (χ0n) is 40.4. The van der Waals surface area contributed by atoms with E-state index in [4.69, 9.17) is 14.2 Å². The molecule has 1 atom stereocenters. The number of ether oxygens (including phenoxy) is 3. The molecule has 0 saturated heterocycles. The van der Waals surface area contributed by atoms with Crippen molar-refractivity contribution in [1.82, 2.24) is 0 Å². The predicted molar refractivity (Wildman–Crippen MR) is 265 cm³/mol. The molecule has 0 bridgehead atoms. The Morgan fingerprint density at radius 2 is 0.661 bits per heavy atom. The lowest BCUT2D eigenvalue weighted by atomic mass is 10.1. The van der Waals surface area contributed by atoms with Gasteiger partial charge in [0.1, 0.15) is 13.2 Å². The maximum Gasteiger partial charge on any atom is 0.306 e. The Balaban J connectivity index is 4.49. The molecule has 0 heterocycles. The molecule has 0 N–H and O–H groups in total. The van der Waals surface area contributed by atoms with E-state index in [1.807, 2.05) is 6.08 Å². The van der Waals surface area contributed by atoms with Gasteiger partial charge in [0.05, 0.1) is 0 Å². The number of carbonyl (C=O) groups excluding carboxylic acids is 3. The van der Waals surface area contributed by atoms with Gasteiger partial charge in [-0.15, -0.1) is 0 Å². The molecule has 0 aliphatic rings. The van der Waals surface area contributed by atoms with Gasteiger partial charge in [-0.3, -0.25) is 14.4 Å². The number of esters is 3.